The second kappa shape index (κ2) is 10.7. The van der Waals surface area contributed by atoms with Crippen LogP contribution in [0.4, 0.5) is 4.39 Å². The van der Waals surface area contributed by atoms with Crippen molar-refractivity contribution >= 4 is 11.6 Å². The van der Waals surface area contributed by atoms with Crippen LogP contribution in [0.25, 0.3) is 0 Å². The third kappa shape index (κ3) is 5.96. The molecule has 0 saturated heterocycles. The van der Waals surface area contributed by atoms with Gasteiger partial charge in [-0.2, -0.15) is 0 Å². The van der Waals surface area contributed by atoms with E-state index in [-0.39, 0.29) is 5.75 Å². The molecule has 0 aromatic heterocycles. The molecule has 1 nitrogen and oxygen atoms in total. The summed E-state index contributed by atoms with van der Waals surface area (Å²) in [6, 6.07) is 2.74. The Labute approximate surface area is 103 Å². The number of benzene rings is 1. The maximum atomic E-state index is 13.0. The molecule has 0 saturated carbocycles. The summed E-state index contributed by atoms with van der Waals surface area (Å²) < 4.78 is 13.0. The molecule has 0 radical (unpaired) electrons. The molecular weight excluding hydrogens is 227 g/mol. The number of aryl methyl sites for hydroxylation is 2. The molecule has 3 heteroatoms. The Balaban J connectivity index is 0. The minimum absolute atomic E-state index is 0.00850. The van der Waals surface area contributed by atoms with Crippen LogP contribution >= 0.6 is 11.6 Å². The molecule has 1 rings (SSSR count). The van der Waals surface area contributed by atoms with Crippen LogP contribution in [0.3, 0.4) is 0 Å². The highest BCUT2D eigenvalue weighted by molar-refractivity contribution is 6.17. The first-order chi connectivity index (χ1) is 7.65. The summed E-state index contributed by atoms with van der Waals surface area (Å²) >= 11 is 5.47. The fourth-order valence-electron chi connectivity index (χ4n) is 1.02. The second-order valence-electron chi connectivity index (χ2n) is 2.67. The van der Waals surface area contributed by atoms with E-state index in [4.69, 9.17) is 16.7 Å². The summed E-state index contributed by atoms with van der Waals surface area (Å²) in [5.74, 6) is -0.00853. The van der Waals surface area contributed by atoms with E-state index < -0.39 is 5.82 Å². The maximum Gasteiger partial charge on any atom is 0.130 e. The zero-order chi connectivity index (χ0) is 13.1. The minimum Gasteiger partial charge on any atom is -0.508 e. The van der Waals surface area contributed by atoms with Gasteiger partial charge in [0, 0.05) is 11.9 Å². The third-order valence-electron chi connectivity index (χ3n) is 1.73. The number of halogens is 2. The summed E-state index contributed by atoms with van der Waals surface area (Å²) in [5, 5.41) is 9.12. The van der Waals surface area contributed by atoms with Crippen LogP contribution in [-0.2, 0) is 6.42 Å². The van der Waals surface area contributed by atoms with Crippen LogP contribution in [0.1, 0.15) is 38.8 Å². The fourth-order valence-corrected chi connectivity index (χ4v) is 1.23. The van der Waals surface area contributed by atoms with Gasteiger partial charge in [-0.05, 0) is 30.5 Å². The highest BCUT2D eigenvalue weighted by Crippen LogP contribution is 2.21. The first-order valence-electron chi connectivity index (χ1n) is 5.69. The summed E-state index contributed by atoms with van der Waals surface area (Å²) in [5.41, 5.74) is 1.23. The molecule has 0 aliphatic rings. The minimum atomic E-state index is -0.390. The highest BCUT2D eigenvalue weighted by atomic mass is 35.5. The lowest BCUT2D eigenvalue weighted by molar-refractivity contribution is 0.463. The van der Waals surface area contributed by atoms with Gasteiger partial charge in [-0.15, -0.1) is 11.6 Å². The van der Waals surface area contributed by atoms with Crippen molar-refractivity contribution in [3.05, 3.63) is 29.1 Å². The Kier molecular flexibility index (Phi) is 11.8. The van der Waals surface area contributed by atoms with Crippen molar-refractivity contribution in [3.8, 4) is 5.75 Å². The maximum absolute atomic E-state index is 13.0. The first kappa shape index (κ1) is 17.6. The number of alkyl halides is 1. The number of aromatic hydroxyl groups is 1. The first-order valence-corrected chi connectivity index (χ1v) is 6.22. The zero-order valence-electron chi connectivity index (χ0n) is 10.8. The predicted octanol–water partition coefficient (Wildman–Crippen LogP) is 4.67. The van der Waals surface area contributed by atoms with Crippen molar-refractivity contribution in [3.63, 3.8) is 0 Å². The molecule has 0 atom stereocenters. The van der Waals surface area contributed by atoms with Crippen LogP contribution in [0.2, 0.25) is 0 Å². The van der Waals surface area contributed by atoms with Gasteiger partial charge >= 0.3 is 0 Å². The van der Waals surface area contributed by atoms with E-state index >= 15 is 0 Å². The number of rotatable bonds is 2. The van der Waals surface area contributed by atoms with Gasteiger partial charge in [-0.1, -0.05) is 27.7 Å². The van der Waals surface area contributed by atoms with E-state index in [0.29, 0.717) is 23.4 Å². The molecule has 0 heterocycles. The molecule has 94 valence electrons. The Bertz CT molecular complexity index is 288. The van der Waals surface area contributed by atoms with Gasteiger partial charge in [0.05, 0.1) is 0 Å². The van der Waals surface area contributed by atoms with Gasteiger partial charge in [0.1, 0.15) is 11.6 Å². The van der Waals surface area contributed by atoms with Gasteiger partial charge in [0.2, 0.25) is 0 Å². The van der Waals surface area contributed by atoms with E-state index in [2.05, 4.69) is 0 Å². The number of phenols is 1. The zero-order valence-corrected chi connectivity index (χ0v) is 11.5. The molecule has 1 aromatic carbocycles. The summed E-state index contributed by atoms with van der Waals surface area (Å²) in [6.45, 7) is 9.73. The standard InChI is InChI=1S/C9H10ClFO.2C2H6/c1-6-4-7(2-3-10)8(11)5-9(6)12;2*1-2/h4-5,12H,2-3H2,1H3;2*1-2H3. The normalized spacial score (nSPS) is 8.44. The highest BCUT2D eigenvalue weighted by Gasteiger charge is 2.05. The van der Waals surface area contributed by atoms with Crippen LogP contribution in [-0.4, -0.2) is 11.0 Å². The SMILES string of the molecule is CC.CC.Cc1cc(CCCl)c(F)cc1O. The van der Waals surface area contributed by atoms with Crippen molar-refractivity contribution in [1.29, 1.82) is 0 Å². The van der Waals surface area contributed by atoms with Crippen LogP contribution in [0.5, 0.6) is 5.75 Å². The Morgan fingerprint density at radius 1 is 1.19 bits per heavy atom. The smallest absolute Gasteiger partial charge is 0.130 e. The van der Waals surface area contributed by atoms with E-state index in [1.807, 2.05) is 27.7 Å². The van der Waals surface area contributed by atoms with E-state index in [0.717, 1.165) is 6.07 Å². The second-order valence-corrected chi connectivity index (χ2v) is 3.05. The molecule has 0 aliphatic carbocycles. The largest absolute Gasteiger partial charge is 0.508 e. The van der Waals surface area contributed by atoms with E-state index in [9.17, 15) is 4.39 Å². The predicted molar refractivity (Wildman–Crippen MR) is 69.9 cm³/mol. The van der Waals surface area contributed by atoms with Crippen LogP contribution in [0, 0.1) is 12.7 Å². The summed E-state index contributed by atoms with van der Waals surface area (Å²) in [7, 11) is 0. The molecule has 1 aromatic rings. The number of hydrogen-bond acceptors (Lipinski definition) is 1. The molecule has 0 fully saturated rings. The average molecular weight is 249 g/mol. The lowest BCUT2D eigenvalue weighted by Gasteiger charge is -2.03. The van der Waals surface area contributed by atoms with Gasteiger partial charge in [-0.25, -0.2) is 4.39 Å². The molecule has 0 amide bonds. The molecular formula is C13H22ClFO. The van der Waals surface area contributed by atoms with Gasteiger partial charge in [0.15, 0.2) is 0 Å². The molecule has 0 bridgehead atoms. The van der Waals surface area contributed by atoms with Crippen molar-refractivity contribution in [2.24, 2.45) is 0 Å². The van der Waals surface area contributed by atoms with E-state index in [1.54, 1.807) is 13.0 Å². The summed E-state index contributed by atoms with van der Waals surface area (Å²) in [6.07, 6.45) is 0.495. The van der Waals surface area contributed by atoms with Crippen LogP contribution < -0.4 is 0 Å². The topological polar surface area (TPSA) is 20.2 Å². The van der Waals surface area contributed by atoms with Crippen molar-refractivity contribution in [2.45, 2.75) is 41.0 Å². The number of phenolic OH excluding ortho intramolecular Hbond substituents is 1. The Morgan fingerprint density at radius 3 is 2.12 bits per heavy atom. The quantitative estimate of drug-likeness (QED) is 0.754. The fraction of sp³-hybridized carbons (Fsp3) is 0.538. The average Bonchev–Trinajstić information content (AvgIpc) is 2.31. The van der Waals surface area contributed by atoms with Gasteiger partial charge < -0.3 is 5.11 Å². The lowest BCUT2D eigenvalue weighted by Crippen LogP contribution is -1.92. The Hall–Kier alpha value is -0.760. The molecule has 0 unspecified atom stereocenters. The lowest BCUT2D eigenvalue weighted by atomic mass is 10.1. The molecule has 16 heavy (non-hydrogen) atoms. The van der Waals surface area contributed by atoms with Gasteiger partial charge in [-0.3, -0.25) is 0 Å². The summed E-state index contributed by atoms with van der Waals surface area (Å²) in [4.78, 5) is 0. The Morgan fingerprint density at radius 2 is 1.69 bits per heavy atom. The van der Waals surface area contributed by atoms with Gasteiger partial charge in [0.25, 0.3) is 0 Å². The third-order valence-corrected chi connectivity index (χ3v) is 1.92. The molecule has 0 spiro atoms. The molecule has 0 aliphatic heterocycles. The number of hydrogen-bond donors (Lipinski definition) is 1. The van der Waals surface area contributed by atoms with Crippen molar-refractivity contribution in [2.75, 3.05) is 5.88 Å². The van der Waals surface area contributed by atoms with Crippen molar-refractivity contribution < 1.29 is 9.50 Å². The monoisotopic (exact) mass is 248 g/mol. The molecule has 1 N–H and O–H groups in total. The van der Waals surface area contributed by atoms with E-state index in [1.165, 1.54) is 0 Å². The van der Waals surface area contributed by atoms with Crippen LogP contribution in [0.15, 0.2) is 12.1 Å². The van der Waals surface area contributed by atoms with Crippen molar-refractivity contribution in [1.82, 2.24) is 0 Å².